The van der Waals surface area contributed by atoms with E-state index in [9.17, 15) is 9.59 Å². The number of carbonyl (C=O) groups excluding carboxylic acids is 2. The summed E-state index contributed by atoms with van der Waals surface area (Å²) in [6.07, 6.45) is 3.03. The van der Waals surface area contributed by atoms with Crippen LogP contribution in [0.15, 0.2) is 24.3 Å². The minimum absolute atomic E-state index is 0.00155. The molecule has 108 valence electrons. The minimum Gasteiger partial charge on any atom is -0.366 e. The molecule has 1 aromatic rings. The molecule has 0 aromatic heterocycles. The third-order valence-electron chi connectivity index (χ3n) is 3.78. The molecule has 1 heterocycles. The van der Waals surface area contributed by atoms with Crippen molar-refractivity contribution < 1.29 is 9.59 Å². The van der Waals surface area contributed by atoms with Crippen LogP contribution in [0.4, 0.5) is 0 Å². The molecule has 0 bridgehead atoms. The van der Waals surface area contributed by atoms with Crippen LogP contribution in [0.25, 0.3) is 0 Å². The van der Waals surface area contributed by atoms with Crippen molar-refractivity contribution in [2.75, 3.05) is 6.54 Å². The third-order valence-corrected chi connectivity index (χ3v) is 3.78. The molecule has 1 fully saturated rings. The quantitative estimate of drug-likeness (QED) is 0.764. The normalized spacial score (nSPS) is 22.2. The molecule has 2 amide bonds. The van der Waals surface area contributed by atoms with Gasteiger partial charge in [0.05, 0.1) is 5.54 Å². The van der Waals surface area contributed by atoms with Crippen LogP contribution in [-0.4, -0.2) is 23.9 Å². The fourth-order valence-corrected chi connectivity index (χ4v) is 2.46. The van der Waals surface area contributed by atoms with E-state index in [4.69, 9.17) is 5.73 Å². The predicted octanol–water partition coefficient (Wildman–Crippen LogP) is 0.934. The number of carbonyl (C=O) groups is 2. The average Bonchev–Trinajstić information content (AvgIpc) is 2.45. The molecular weight excluding hydrogens is 254 g/mol. The molecule has 0 saturated carbocycles. The van der Waals surface area contributed by atoms with Gasteiger partial charge >= 0.3 is 0 Å². The van der Waals surface area contributed by atoms with Crippen molar-refractivity contribution in [3.63, 3.8) is 0 Å². The number of piperidine rings is 1. The number of nitrogens with two attached hydrogens (primary N) is 1. The van der Waals surface area contributed by atoms with Crippen LogP contribution < -0.4 is 16.4 Å². The Hall–Kier alpha value is -1.88. The van der Waals surface area contributed by atoms with Gasteiger partial charge in [0.2, 0.25) is 11.8 Å². The highest BCUT2D eigenvalue weighted by atomic mass is 16.2. The number of hydrogen-bond acceptors (Lipinski definition) is 3. The molecule has 5 heteroatoms. The summed E-state index contributed by atoms with van der Waals surface area (Å²) < 4.78 is 0. The van der Waals surface area contributed by atoms with Crippen molar-refractivity contribution in [3.05, 3.63) is 35.4 Å². The Morgan fingerprint density at radius 1 is 1.40 bits per heavy atom. The van der Waals surface area contributed by atoms with E-state index in [0.717, 1.165) is 31.4 Å². The molecule has 1 saturated heterocycles. The van der Waals surface area contributed by atoms with Crippen molar-refractivity contribution >= 4 is 11.8 Å². The van der Waals surface area contributed by atoms with E-state index in [2.05, 4.69) is 10.6 Å². The van der Waals surface area contributed by atoms with Gasteiger partial charge in [-0.2, -0.15) is 0 Å². The van der Waals surface area contributed by atoms with E-state index in [1.54, 1.807) is 18.2 Å². The Morgan fingerprint density at radius 2 is 2.20 bits per heavy atom. The summed E-state index contributed by atoms with van der Waals surface area (Å²) in [5.74, 6) is -0.458. The zero-order valence-electron chi connectivity index (χ0n) is 11.7. The summed E-state index contributed by atoms with van der Waals surface area (Å²) in [7, 11) is 0. The largest absolute Gasteiger partial charge is 0.366 e. The summed E-state index contributed by atoms with van der Waals surface area (Å²) in [6.45, 7) is 3.21. The monoisotopic (exact) mass is 275 g/mol. The van der Waals surface area contributed by atoms with Gasteiger partial charge in [-0.3, -0.25) is 9.59 Å². The number of rotatable bonds is 4. The van der Waals surface area contributed by atoms with Crippen molar-refractivity contribution in [1.82, 2.24) is 10.6 Å². The maximum Gasteiger partial charge on any atom is 0.248 e. The van der Waals surface area contributed by atoms with Crippen LogP contribution in [0, 0.1) is 0 Å². The molecule has 0 aliphatic carbocycles. The van der Waals surface area contributed by atoms with Gasteiger partial charge in [-0.1, -0.05) is 12.1 Å². The molecule has 1 aliphatic heterocycles. The van der Waals surface area contributed by atoms with Gasteiger partial charge in [0, 0.05) is 12.1 Å². The van der Waals surface area contributed by atoms with Gasteiger partial charge in [-0.25, -0.2) is 0 Å². The minimum atomic E-state index is -0.487. The lowest BCUT2D eigenvalue weighted by atomic mass is 9.90. The third kappa shape index (κ3) is 3.36. The second-order valence-electron chi connectivity index (χ2n) is 5.46. The van der Waals surface area contributed by atoms with E-state index in [1.165, 1.54) is 0 Å². The van der Waals surface area contributed by atoms with Gasteiger partial charge in [0.15, 0.2) is 0 Å². The van der Waals surface area contributed by atoms with Crippen LogP contribution in [0.2, 0.25) is 0 Å². The molecule has 1 atom stereocenters. The lowest BCUT2D eigenvalue weighted by Gasteiger charge is -2.33. The number of nitrogens with one attached hydrogen (secondary N) is 2. The van der Waals surface area contributed by atoms with E-state index in [-0.39, 0.29) is 5.91 Å². The smallest absolute Gasteiger partial charge is 0.248 e. The Kier molecular flexibility index (Phi) is 4.39. The highest BCUT2D eigenvalue weighted by Gasteiger charge is 2.33. The van der Waals surface area contributed by atoms with Gasteiger partial charge in [0.25, 0.3) is 0 Å². The second kappa shape index (κ2) is 6.05. The van der Waals surface area contributed by atoms with E-state index in [0.29, 0.717) is 12.1 Å². The lowest BCUT2D eigenvalue weighted by molar-refractivity contribution is -0.128. The number of benzene rings is 1. The molecule has 0 spiro atoms. The SMILES string of the molecule is CC1(C(=O)NCc2cccc(C(N)=O)c2)CCCCN1. The van der Waals surface area contributed by atoms with Crippen molar-refractivity contribution in [2.24, 2.45) is 5.73 Å². The average molecular weight is 275 g/mol. The first-order valence-corrected chi connectivity index (χ1v) is 6.93. The molecule has 1 aromatic carbocycles. The Bertz CT molecular complexity index is 508. The Balaban J connectivity index is 1.96. The van der Waals surface area contributed by atoms with Crippen LogP contribution in [0.3, 0.4) is 0 Å². The topological polar surface area (TPSA) is 84.2 Å². The van der Waals surface area contributed by atoms with Gasteiger partial charge < -0.3 is 16.4 Å². The highest BCUT2D eigenvalue weighted by Crippen LogP contribution is 2.18. The van der Waals surface area contributed by atoms with E-state index >= 15 is 0 Å². The predicted molar refractivity (Wildman–Crippen MR) is 77.1 cm³/mol. The van der Waals surface area contributed by atoms with Crippen LogP contribution >= 0.6 is 0 Å². The Morgan fingerprint density at radius 3 is 2.85 bits per heavy atom. The highest BCUT2D eigenvalue weighted by molar-refractivity contribution is 5.93. The van der Waals surface area contributed by atoms with Crippen LogP contribution in [-0.2, 0) is 11.3 Å². The fourth-order valence-electron chi connectivity index (χ4n) is 2.46. The van der Waals surface area contributed by atoms with Gasteiger partial charge in [-0.15, -0.1) is 0 Å². The first-order chi connectivity index (χ1) is 9.51. The lowest BCUT2D eigenvalue weighted by Crippen LogP contribution is -2.56. The van der Waals surface area contributed by atoms with Crippen molar-refractivity contribution in [1.29, 1.82) is 0 Å². The van der Waals surface area contributed by atoms with E-state index < -0.39 is 11.4 Å². The zero-order valence-corrected chi connectivity index (χ0v) is 11.7. The molecule has 20 heavy (non-hydrogen) atoms. The fraction of sp³-hybridized carbons (Fsp3) is 0.467. The molecular formula is C15H21N3O2. The van der Waals surface area contributed by atoms with Crippen molar-refractivity contribution in [2.45, 2.75) is 38.3 Å². The first kappa shape index (κ1) is 14.5. The molecule has 0 radical (unpaired) electrons. The summed E-state index contributed by atoms with van der Waals surface area (Å²) in [5.41, 5.74) is 6.08. The number of amides is 2. The van der Waals surface area contributed by atoms with Crippen LogP contribution in [0.5, 0.6) is 0 Å². The molecule has 5 nitrogen and oxygen atoms in total. The van der Waals surface area contributed by atoms with Gasteiger partial charge in [0.1, 0.15) is 0 Å². The maximum absolute atomic E-state index is 12.2. The second-order valence-corrected chi connectivity index (χ2v) is 5.46. The first-order valence-electron chi connectivity index (χ1n) is 6.93. The number of primary amides is 1. The van der Waals surface area contributed by atoms with Crippen LogP contribution in [0.1, 0.15) is 42.1 Å². The number of hydrogen-bond donors (Lipinski definition) is 3. The zero-order chi connectivity index (χ0) is 14.6. The standard InChI is InChI=1S/C15H21N3O2/c1-15(7-2-3-8-18-15)14(20)17-10-11-5-4-6-12(9-11)13(16)19/h4-6,9,18H,2-3,7-8,10H2,1H3,(H2,16,19)(H,17,20). The van der Waals surface area contributed by atoms with E-state index in [1.807, 2.05) is 13.0 Å². The summed E-state index contributed by atoms with van der Waals surface area (Å²) in [4.78, 5) is 23.4. The summed E-state index contributed by atoms with van der Waals surface area (Å²) in [5, 5.41) is 6.20. The molecule has 1 unspecified atom stereocenters. The molecule has 2 rings (SSSR count). The summed E-state index contributed by atoms with van der Waals surface area (Å²) in [6, 6.07) is 7.00. The molecule has 1 aliphatic rings. The Labute approximate surface area is 118 Å². The molecule has 4 N–H and O–H groups in total. The van der Waals surface area contributed by atoms with Gasteiger partial charge in [-0.05, 0) is 50.4 Å². The summed E-state index contributed by atoms with van der Waals surface area (Å²) >= 11 is 0. The van der Waals surface area contributed by atoms with Crippen molar-refractivity contribution in [3.8, 4) is 0 Å². The maximum atomic E-state index is 12.2.